The molecular weight excluding hydrogens is 202 g/mol. The highest BCUT2D eigenvalue weighted by atomic mass is 16.5. The zero-order valence-corrected chi connectivity index (χ0v) is 9.14. The average molecular weight is 215 g/mol. The minimum absolute atomic E-state index is 0.496. The van der Waals surface area contributed by atoms with E-state index >= 15 is 0 Å². The van der Waals surface area contributed by atoms with Gasteiger partial charge < -0.3 is 9.53 Å². The SMILES string of the molecule is COc1nc2ccccc2cc1CCC=O. The van der Waals surface area contributed by atoms with E-state index < -0.39 is 0 Å². The number of aromatic nitrogens is 1. The van der Waals surface area contributed by atoms with E-state index in [9.17, 15) is 4.79 Å². The van der Waals surface area contributed by atoms with Crippen molar-refractivity contribution >= 4 is 17.2 Å². The minimum Gasteiger partial charge on any atom is -0.481 e. The Bertz CT molecular complexity index is 508. The Morgan fingerprint density at radius 1 is 1.38 bits per heavy atom. The van der Waals surface area contributed by atoms with Gasteiger partial charge in [0, 0.05) is 17.4 Å². The van der Waals surface area contributed by atoms with Gasteiger partial charge in [-0.1, -0.05) is 18.2 Å². The number of ether oxygens (including phenoxy) is 1. The molecular formula is C13H13NO2. The first-order valence-corrected chi connectivity index (χ1v) is 5.21. The number of rotatable bonds is 4. The topological polar surface area (TPSA) is 39.2 Å². The van der Waals surface area contributed by atoms with E-state index in [1.54, 1.807) is 7.11 Å². The maximum absolute atomic E-state index is 10.4. The van der Waals surface area contributed by atoms with Gasteiger partial charge in [0.2, 0.25) is 5.88 Å². The van der Waals surface area contributed by atoms with Gasteiger partial charge in [-0.05, 0) is 18.6 Å². The molecule has 0 amide bonds. The third kappa shape index (κ3) is 2.03. The van der Waals surface area contributed by atoms with Crippen LogP contribution in [-0.4, -0.2) is 18.4 Å². The largest absolute Gasteiger partial charge is 0.481 e. The Kier molecular flexibility index (Phi) is 3.15. The maximum atomic E-state index is 10.4. The number of fused-ring (bicyclic) bond motifs is 1. The molecule has 0 N–H and O–H groups in total. The summed E-state index contributed by atoms with van der Waals surface area (Å²) < 4.78 is 5.22. The van der Waals surface area contributed by atoms with Gasteiger partial charge in [-0.3, -0.25) is 0 Å². The second-order valence-electron chi connectivity index (χ2n) is 3.55. The van der Waals surface area contributed by atoms with Crippen LogP contribution >= 0.6 is 0 Å². The summed E-state index contributed by atoms with van der Waals surface area (Å²) in [7, 11) is 1.60. The second-order valence-corrected chi connectivity index (χ2v) is 3.55. The molecule has 0 aliphatic carbocycles. The van der Waals surface area contributed by atoms with Crippen LogP contribution in [0.5, 0.6) is 5.88 Å². The lowest BCUT2D eigenvalue weighted by molar-refractivity contribution is -0.107. The van der Waals surface area contributed by atoms with Crippen LogP contribution in [0.2, 0.25) is 0 Å². The number of aldehydes is 1. The lowest BCUT2D eigenvalue weighted by Gasteiger charge is -2.07. The van der Waals surface area contributed by atoms with Crippen LogP contribution < -0.4 is 4.74 Å². The summed E-state index contributed by atoms with van der Waals surface area (Å²) in [5.41, 5.74) is 1.89. The van der Waals surface area contributed by atoms with E-state index in [2.05, 4.69) is 4.98 Å². The molecule has 2 rings (SSSR count). The molecule has 0 saturated carbocycles. The van der Waals surface area contributed by atoms with Crippen molar-refractivity contribution in [2.75, 3.05) is 7.11 Å². The number of hydrogen-bond donors (Lipinski definition) is 0. The predicted octanol–water partition coefficient (Wildman–Crippen LogP) is 2.37. The third-order valence-corrected chi connectivity index (χ3v) is 2.49. The van der Waals surface area contributed by atoms with Crippen molar-refractivity contribution in [3.8, 4) is 5.88 Å². The highest BCUT2D eigenvalue weighted by Crippen LogP contribution is 2.22. The maximum Gasteiger partial charge on any atom is 0.216 e. The molecule has 1 heterocycles. The van der Waals surface area contributed by atoms with Crippen LogP contribution in [0.4, 0.5) is 0 Å². The zero-order chi connectivity index (χ0) is 11.4. The van der Waals surface area contributed by atoms with E-state index in [0.29, 0.717) is 18.7 Å². The predicted molar refractivity (Wildman–Crippen MR) is 62.7 cm³/mol. The van der Waals surface area contributed by atoms with Crippen LogP contribution in [0.25, 0.3) is 10.9 Å². The Balaban J connectivity index is 2.49. The van der Waals surface area contributed by atoms with Gasteiger partial charge in [0.15, 0.2) is 0 Å². The molecule has 0 atom stereocenters. The number of benzene rings is 1. The number of aryl methyl sites for hydroxylation is 1. The molecule has 0 bridgehead atoms. The summed E-state index contributed by atoms with van der Waals surface area (Å²) in [6.07, 6.45) is 2.08. The molecule has 3 heteroatoms. The molecule has 0 aliphatic heterocycles. The van der Waals surface area contributed by atoms with Gasteiger partial charge in [0.25, 0.3) is 0 Å². The summed E-state index contributed by atoms with van der Waals surface area (Å²) in [5.74, 6) is 0.612. The highest BCUT2D eigenvalue weighted by molar-refractivity contribution is 5.80. The van der Waals surface area contributed by atoms with E-state index in [-0.39, 0.29) is 0 Å². The van der Waals surface area contributed by atoms with Gasteiger partial charge in [-0.2, -0.15) is 0 Å². The van der Waals surface area contributed by atoms with Crippen molar-refractivity contribution in [3.05, 3.63) is 35.9 Å². The van der Waals surface area contributed by atoms with E-state index in [4.69, 9.17) is 4.74 Å². The number of hydrogen-bond acceptors (Lipinski definition) is 3. The van der Waals surface area contributed by atoms with Crippen LogP contribution in [-0.2, 0) is 11.2 Å². The van der Waals surface area contributed by atoms with Crippen molar-refractivity contribution in [2.24, 2.45) is 0 Å². The average Bonchev–Trinajstić information content (AvgIpc) is 2.35. The monoisotopic (exact) mass is 215 g/mol. The van der Waals surface area contributed by atoms with Crippen molar-refractivity contribution in [3.63, 3.8) is 0 Å². The van der Waals surface area contributed by atoms with Crippen molar-refractivity contribution in [1.29, 1.82) is 0 Å². The summed E-state index contributed by atoms with van der Waals surface area (Å²) in [5, 5.41) is 1.07. The van der Waals surface area contributed by atoms with Crippen LogP contribution in [0.3, 0.4) is 0 Å². The van der Waals surface area contributed by atoms with Crippen LogP contribution in [0.15, 0.2) is 30.3 Å². The van der Waals surface area contributed by atoms with Gasteiger partial charge in [0.05, 0.1) is 12.6 Å². The summed E-state index contributed by atoms with van der Waals surface area (Å²) in [4.78, 5) is 14.8. The minimum atomic E-state index is 0.496. The van der Waals surface area contributed by atoms with E-state index in [1.807, 2.05) is 30.3 Å². The van der Waals surface area contributed by atoms with E-state index in [1.165, 1.54) is 0 Å². The highest BCUT2D eigenvalue weighted by Gasteiger charge is 2.06. The smallest absolute Gasteiger partial charge is 0.216 e. The molecule has 0 fully saturated rings. The molecule has 0 unspecified atom stereocenters. The summed E-state index contributed by atoms with van der Waals surface area (Å²) in [6, 6.07) is 9.90. The fourth-order valence-corrected chi connectivity index (χ4v) is 1.71. The number of carbonyl (C=O) groups excluding carboxylic acids is 1. The zero-order valence-electron chi connectivity index (χ0n) is 9.14. The standard InChI is InChI=1S/C13H13NO2/c1-16-13-11(6-4-8-15)9-10-5-2-3-7-12(10)14-13/h2-3,5,7-9H,4,6H2,1H3. The van der Waals surface area contributed by atoms with E-state index in [0.717, 1.165) is 22.8 Å². The summed E-state index contributed by atoms with van der Waals surface area (Å²) in [6.45, 7) is 0. The van der Waals surface area contributed by atoms with Crippen molar-refractivity contribution in [2.45, 2.75) is 12.8 Å². The Morgan fingerprint density at radius 2 is 2.19 bits per heavy atom. The van der Waals surface area contributed by atoms with Crippen LogP contribution in [0, 0.1) is 0 Å². The van der Waals surface area contributed by atoms with Crippen molar-refractivity contribution in [1.82, 2.24) is 4.98 Å². The number of pyridine rings is 1. The van der Waals surface area contributed by atoms with Gasteiger partial charge >= 0.3 is 0 Å². The molecule has 16 heavy (non-hydrogen) atoms. The lowest BCUT2D eigenvalue weighted by atomic mass is 10.1. The van der Waals surface area contributed by atoms with Gasteiger partial charge in [0.1, 0.15) is 6.29 Å². The number of methoxy groups -OCH3 is 1. The molecule has 1 aromatic carbocycles. The number of para-hydroxylation sites is 1. The Hall–Kier alpha value is -1.90. The van der Waals surface area contributed by atoms with Crippen LogP contribution in [0.1, 0.15) is 12.0 Å². The Morgan fingerprint density at radius 3 is 2.94 bits per heavy atom. The first-order chi connectivity index (χ1) is 7.85. The second kappa shape index (κ2) is 4.75. The Labute approximate surface area is 94.1 Å². The molecule has 2 aromatic rings. The molecule has 0 radical (unpaired) electrons. The molecule has 82 valence electrons. The molecule has 0 aliphatic rings. The lowest BCUT2D eigenvalue weighted by Crippen LogP contribution is -1.96. The molecule has 0 saturated heterocycles. The summed E-state index contributed by atoms with van der Waals surface area (Å²) >= 11 is 0. The van der Waals surface area contributed by atoms with Gasteiger partial charge in [-0.15, -0.1) is 0 Å². The fraction of sp³-hybridized carbons (Fsp3) is 0.231. The third-order valence-electron chi connectivity index (χ3n) is 2.49. The van der Waals surface area contributed by atoms with Crippen molar-refractivity contribution < 1.29 is 9.53 Å². The first kappa shape index (κ1) is 10.6. The normalized spacial score (nSPS) is 10.3. The molecule has 1 aromatic heterocycles. The first-order valence-electron chi connectivity index (χ1n) is 5.21. The molecule has 0 spiro atoms. The number of carbonyl (C=O) groups is 1. The quantitative estimate of drug-likeness (QED) is 0.735. The van der Waals surface area contributed by atoms with Gasteiger partial charge in [-0.25, -0.2) is 4.98 Å². The fourth-order valence-electron chi connectivity index (χ4n) is 1.71. The number of nitrogens with zero attached hydrogens (tertiary/aromatic N) is 1. The molecule has 3 nitrogen and oxygen atoms in total.